The van der Waals surface area contributed by atoms with Gasteiger partial charge >= 0.3 is 0 Å². The van der Waals surface area contributed by atoms with Crippen LogP contribution >= 0.6 is 0 Å². The molecule has 1 heterocycles. The third-order valence-electron chi connectivity index (χ3n) is 2.31. The molecule has 0 amide bonds. The zero-order valence-corrected chi connectivity index (χ0v) is 8.03. The van der Waals surface area contributed by atoms with Gasteiger partial charge in [0, 0.05) is 11.1 Å². The number of carbonyl (C=O) groups is 1. The van der Waals surface area contributed by atoms with Crippen molar-refractivity contribution < 1.29 is 14.3 Å². The molecule has 3 nitrogen and oxygen atoms in total. The molecule has 2 rings (SSSR count). The van der Waals surface area contributed by atoms with Gasteiger partial charge in [0.25, 0.3) is 0 Å². The van der Waals surface area contributed by atoms with E-state index >= 15 is 0 Å². The zero-order chi connectivity index (χ0) is 9.97. The Balaban J connectivity index is 2.29. The van der Waals surface area contributed by atoms with Crippen LogP contribution in [0.15, 0.2) is 18.2 Å². The number of benzene rings is 1. The summed E-state index contributed by atoms with van der Waals surface area (Å²) in [6.45, 7) is 3.23. The van der Waals surface area contributed by atoms with Crippen molar-refractivity contribution in [2.75, 3.05) is 13.2 Å². The molecule has 0 aromatic heterocycles. The Labute approximate surface area is 82.6 Å². The second-order valence-corrected chi connectivity index (χ2v) is 3.31. The van der Waals surface area contributed by atoms with Crippen molar-refractivity contribution in [3.05, 3.63) is 34.9 Å². The fourth-order valence-electron chi connectivity index (χ4n) is 1.57. The normalized spacial score (nSPS) is 17.2. The maximum atomic E-state index is 10.5. The molecular formula is C11H12O3. The second kappa shape index (κ2) is 3.90. The summed E-state index contributed by atoms with van der Waals surface area (Å²) < 4.78 is 10.8. The number of aldehydes is 1. The van der Waals surface area contributed by atoms with Crippen LogP contribution in [0.1, 0.15) is 27.8 Å². The Morgan fingerprint density at radius 3 is 2.64 bits per heavy atom. The highest BCUT2D eigenvalue weighted by Crippen LogP contribution is 2.26. The maximum Gasteiger partial charge on any atom is 0.184 e. The van der Waals surface area contributed by atoms with Crippen LogP contribution in [-0.4, -0.2) is 19.5 Å². The number of carbonyl (C=O) groups excluding carboxylic acids is 1. The SMILES string of the molecule is Cc1cc(C=O)ccc1C1OCCO1. The number of rotatable bonds is 2. The van der Waals surface area contributed by atoms with Crippen LogP contribution in [0.3, 0.4) is 0 Å². The molecule has 14 heavy (non-hydrogen) atoms. The van der Waals surface area contributed by atoms with Gasteiger partial charge in [-0.2, -0.15) is 0 Å². The first-order chi connectivity index (χ1) is 6.81. The topological polar surface area (TPSA) is 35.5 Å². The zero-order valence-electron chi connectivity index (χ0n) is 8.03. The molecule has 0 atom stereocenters. The molecule has 1 aliphatic rings. The molecule has 1 fully saturated rings. The molecule has 0 radical (unpaired) electrons. The van der Waals surface area contributed by atoms with Gasteiger partial charge in [0.2, 0.25) is 0 Å². The number of hydrogen-bond donors (Lipinski definition) is 0. The highest BCUT2D eigenvalue weighted by molar-refractivity contribution is 5.75. The lowest BCUT2D eigenvalue weighted by molar-refractivity contribution is -0.0445. The van der Waals surface area contributed by atoms with E-state index in [0.717, 1.165) is 17.4 Å². The Morgan fingerprint density at radius 2 is 2.07 bits per heavy atom. The van der Waals surface area contributed by atoms with Crippen molar-refractivity contribution in [1.29, 1.82) is 0 Å². The third-order valence-corrected chi connectivity index (χ3v) is 2.31. The second-order valence-electron chi connectivity index (χ2n) is 3.31. The Hall–Kier alpha value is -1.19. The molecule has 0 spiro atoms. The van der Waals surface area contributed by atoms with E-state index in [4.69, 9.17) is 9.47 Å². The summed E-state index contributed by atoms with van der Waals surface area (Å²) in [5, 5.41) is 0. The summed E-state index contributed by atoms with van der Waals surface area (Å²) in [6, 6.07) is 5.50. The molecule has 74 valence electrons. The van der Waals surface area contributed by atoms with Crippen molar-refractivity contribution >= 4 is 6.29 Å². The van der Waals surface area contributed by atoms with E-state index in [1.54, 1.807) is 6.07 Å². The lowest BCUT2D eigenvalue weighted by atomic mass is 10.1. The molecule has 0 bridgehead atoms. The van der Waals surface area contributed by atoms with Gasteiger partial charge in [0.05, 0.1) is 13.2 Å². The minimum Gasteiger partial charge on any atom is -0.346 e. The van der Waals surface area contributed by atoms with Crippen LogP contribution in [0, 0.1) is 6.92 Å². The molecule has 1 saturated heterocycles. The first kappa shape index (κ1) is 9.37. The summed E-state index contributed by atoms with van der Waals surface area (Å²) in [5.41, 5.74) is 2.72. The van der Waals surface area contributed by atoms with Gasteiger partial charge in [-0.1, -0.05) is 12.1 Å². The van der Waals surface area contributed by atoms with Gasteiger partial charge in [-0.3, -0.25) is 4.79 Å². The van der Waals surface area contributed by atoms with Crippen LogP contribution in [0.4, 0.5) is 0 Å². The molecule has 3 heteroatoms. The number of ether oxygens (including phenoxy) is 2. The first-order valence-corrected chi connectivity index (χ1v) is 4.60. The third kappa shape index (κ3) is 1.69. The van der Waals surface area contributed by atoms with Gasteiger partial charge in [-0.15, -0.1) is 0 Å². The van der Waals surface area contributed by atoms with E-state index in [2.05, 4.69) is 0 Å². The van der Waals surface area contributed by atoms with Gasteiger partial charge in [-0.25, -0.2) is 0 Å². The Kier molecular flexibility index (Phi) is 2.61. The molecule has 0 aliphatic carbocycles. The average Bonchev–Trinajstić information content (AvgIpc) is 2.70. The van der Waals surface area contributed by atoms with Gasteiger partial charge < -0.3 is 9.47 Å². The van der Waals surface area contributed by atoms with E-state index in [-0.39, 0.29) is 6.29 Å². The summed E-state index contributed by atoms with van der Waals surface area (Å²) in [7, 11) is 0. The quantitative estimate of drug-likeness (QED) is 0.671. The number of hydrogen-bond acceptors (Lipinski definition) is 3. The minimum absolute atomic E-state index is 0.254. The van der Waals surface area contributed by atoms with Crippen LogP contribution in [-0.2, 0) is 9.47 Å². The Bertz CT molecular complexity index is 340. The van der Waals surface area contributed by atoms with Crippen molar-refractivity contribution in [3.63, 3.8) is 0 Å². The van der Waals surface area contributed by atoms with E-state index in [1.165, 1.54) is 0 Å². The maximum absolute atomic E-state index is 10.5. The van der Waals surface area contributed by atoms with E-state index in [0.29, 0.717) is 18.8 Å². The van der Waals surface area contributed by atoms with E-state index in [9.17, 15) is 4.79 Å². The van der Waals surface area contributed by atoms with Gasteiger partial charge in [0.15, 0.2) is 6.29 Å². The monoisotopic (exact) mass is 192 g/mol. The largest absolute Gasteiger partial charge is 0.346 e. The van der Waals surface area contributed by atoms with E-state index < -0.39 is 0 Å². The van der Waals surface area contributed by atoms with Crippen molar-refractivity contribution in [1.82, 2.24) is 0 Å². The Morgan fingerprint density at radius 1 is 1.36 bits per heavy atom. The van der Waals surface area contributed by atoms with Crippen LogP contribution < -0.4 is 0 Å². The summed E-state index contributed by atoms with van der Waals surface area (Å²) >= 11 is 0. The van der Waals surface area contributed by atoms with Crippen molar-refractivity contribution in [3.8, 4) is 0 Å². The molecular weight excluding hydrogens is 180 g/mol. The van der Waals surface area contributed by atoms with Gasteiger partial charge in [-0.05, 0) is 18.6 Å². The molecule has 0 N–H and O–H groups in total. The smallest absolute Gasteiger partial charge is 0.184 e. The predicted molar refractivity (Wildman–Crippen MR) is 51.2 cm³/mol. The average molecular weight is 192 g/mol. The predicted octanol–water partition coefficient (Wildman–Crippen LogP) is 1.85. The van der Waals surface area contributed by atoms with Gasteiger partial charge in [0.1, 0.15) is 6.29 Å². The fourth-order valence-corrected chi connectivity index (χ4v) is 1.57. The van der Waals surface area contributed by atoms with Crippen molar-refractivity contribution in [2.24, 2.45) is 0 Å². The lowest BCUT2D eigenvalue weighted by Gasteiger charge is -2.12. The molecule has 0 unspecified atom stereocenters. The minimum atomic E-state index is -0.254. The molecule has 1 aromatic rings. The first-order valence-electron chi connectivity index (χ1n) is 4.60. The van der Waals surface area contributed by atoms with Crippen molar-refractivity contribution in [2.45, 2.75) is 13.2 Å². The summed E-state index contributed by atoms with van der Waals surface area (Å²) in [4.78, 5) is 10.5. The van der Waals surface area contributed by atoms with Crippen LogP contribution in [0.5, 0.6) is 0 Å². The highest BCUT2D eigenvalue weighted by atomic mass is 16.7. The summed E-state index contributed by atoms with van der Waals surface area (Å²) in [6.07, 6.45) is 0.586. The van der Waals surface area contributed by atoms with Crippen LogP contribution in [0.25, 0.3) is 0 Å². The number of aryl methyl sites for hydroxylation is 1. The summed E-state index contributed by atoms with van der Waals surface area (Å²) in [5.74, 6) is 0. The molecule has 1 aromatic carbocycles. The molecule has 1 aliphatic heterocycles. The van der Waals surface area contributed by atoms with Crippen LogP contribution in [0.2, 0.25) is 0 Å². The standard InChI is InChI=1S/C11H12O3/c1-8-6-9(7-12)2-3-10(8)11-13-4-5-14-11/h2-3,6-7,11H,4-5H2,1H3. The van der Waals surface area contributed by atoms with E-state index in [1.807, 2.05) is 19.1 Å². The molecule has 0 saturated carbocycles. The highest BCUT2D eigenvalue weighted by Gasteiger charge is 2.19. The fraction of sp³-hybridized carbons (Fsp3) is 0.364. The lowest BCUT2D eigenvalue weighted by Crippen LogP contribution is -2.01.